The van der Waals surface area contributed by atoms with Crippen LogP contribution in [0.2, 0.25) is 0 Å². The Balaban J connectivity index is 1.56. The van der Waals surface area contributed by atoms with Crippen LogP contribution in [0.5, 0.6) is 11.8 Å². The van der Waals surface area contributed by atoms with Crippen LogP contribution < -0.4 is 0 Å². The SMILES string of the molecule is Oc1c2c(c(O)n1C1=CC=C3OC(F)(F)C(F)(F)OC3C1)[C@H]1C=C[C@@H]2CC1. The lowest BCUT2D eigenvalue weighted by atomic mass is 9.73. The molecule has 2 bridgehead atoms. The number of ether oxygens (including phenoxy) is 2. The zero-order chi connectivity index (χ0) is 19.1. The summed E-state index contributed by atoms with van der Waals surface area (Å²) >= 11 is 0. The van der Waals surface area contributed by atoms with Gasteiger partial charge in [-0.1, -0.05) is 12.2 Å². The lowest BCUT2D eigenvalue weighted by molar-refractivity contribution is -0.456. The van der Waals surface area contributed by atoms with E-state index in [1.807, 2.05) is 12.2 Å². The molecule has 3 atom stereocenters. The Morgan fingerprint density at radius 3 is 2.07 bits per heavy atom. The second-order valence-corrected chi connectivity index (χ2v) is 7.16. The zero-order valence-corrected chi connectivity index (χ0v) is 13.8. The summed E-state index contributed by atoms with van der Waals surface area (Å²) in [6.45, 7) is 0. The van der Waals surface area contributed by atoms with Crippen molar-refractivity contribution in [2.75, 3.05) is 0 Å². The van der Waals surface area contributed by atoms with E-state index >= 15 is 0 Å². The number of aromatic hydroxyl groups is 2. The average molecular weight is 385 g/mol. The Hall–Kier alpha value is -2.42. The van der Waals surface area contributed by atoms with Crippen molar-refractivity contribution in [3.8, 4) is 11.8 Å². The molecular formula is C18H15F4NO4. The topological polar surface area (TPSA) is 63.9 Å². The minimum atomic E-state index is -4.78. The fourth-order valence-electron chi connectivity index (χ4n) is 4.35. The maximum Gasteiger partial charge on any atom is 0.493 e. The van der Waals surface area contributed by atoms with Gasteiger partial charge < -0.3 is 19.7 Å². The monoisotopic (exact) mass is 385 g/mol. The van der Waals surface area contributed by atoms with Crippen molar-refractivity contribution in [2.45, 2.75) is 49.4 Å². The van der Waals surface area contributed by atoms with Crippen LogP contribution in [0.3, 0.4) is 0 Å². The Morgan fingerprint density at radius 2 is 1.52 bits per heavy atom. The van der Waals surface area contributed by atoms with E-state index in [4.69, 9.17) is 0 Å². The van der Waals surface area contributed by atoms with Gasteiger partial charge in [0.05, 0.1) is 0 Å². The largest absolute Gasteiger partial charge is 0.494 e. The van der Waals surface area contributed by atoms with Crippen molar-refractivity contribution in [3.63, 3.8) is 0 Å². The molecule has 27 heavy (non-hydrogen) atoms. The molecular weight excluding hydrogens is 370 g/mol. The number of hydrogen-bond acceptors (Lipinski definition) is 4. The van der Waals surface area contributed by atoms with Crippen molar-refractivity contribution in [3.05, 3.63) is 41.2 Å². The van der Waals surface area contributed by atoms with E-state index < -0.39 is 24.1 Å². The molecule has 0 aromatic carbocycles. The first-order chi connectivity index (χ1) is 12.7. The third kappa shape index (κ3) is 2.14. The van der Waals surface area contributed by atoms with Gasteiger partial charge in [0.2, 0.25) is 11.8 Å². The van der Waals surface area contributed by atoms with E-state index in [-0.39, 0.29) is 35.7 Å². The van der Waals surface area contributed by atoms with Crippen LogP contribution in [0.4, 0.5) is 17.6 Å². The molecule has 1 unspecified atom stereocenters. The van der Waals surface area contributed by atoms with Gasteiger partial charge in [0.15, 0.2) is 0 Å². The molecule has 0 radical (unpaired) electrons. The van der Waals surface area contributed by atoms with Gasteiger partial charge in [-0.2, -0.15) is 17.6 Å². The van der Waals surface area contributed by atoms with Crippen molar-refractivity contribution in [1.29, 1.82) is 0 Å². The summed E-state index contributed by atoms with van der Waals surface area (Å²) in [5.41, 5.74) is 1.50. The number of nitrogens with zero attached hydrogens (tertiary/aromatic N) is 1. The van der Waals surface area contributed by atoms with E-state index in [0.29, 0.717) is 11.1 Å². The van der Waals surface area contributed by atoms with Gasteiger partial charge in [0.25, 0.3) is 0 Å². The third-order valence-electron chi connectivity index (χ3n) is 5.62. The highest BCUT2D eigenvalue weighted by Crippen LogP contribution is 2.55. The highest BCUT2D eigenvalue weighted by molar-refractivity contribution is 5.66. The van der Waals surface area contributed by atoms with Crippen LogP contribution in [0.1, 0.15) is 42.2 Å². The molecule has 1 fully saturated rings. The quantitative estimate of drug-likeness (QED) is 0.563. The lowest BCUT2D eigenvalue weighted by Gasteiger charge is -2.38. The maximum atomic E-state index is 13.5. The van der Waals surface area contributed by atoms with Crippen LogP contribution >= 0.6 is 0 Å². The fourth-order valence-corrected chi connectivity index (χ4v) is 4.35. The van der Waals surface area contributed by atoms with Gasteiger partial charge in [-0.3, -0.25) is 4.57 Å². The van der Waals surface area contributed by atoms with Crippen molar-refractivity contribution >= 4 is 5.70 Å². The molecule has 5 nitrogen and oxygen atoms in total. The van der Waals surface area contributed by atoms with Crippen LogP contribution in [-0.2, 0) is 9.47 Å². The van der Waals surface area contributed by atoms with Crippen molar-refractivity contribution < 1.29 is 37.2 Å². The van der Waals surface area contributed by atoms with Crippen LogP contribution in [0, 0.1) is 0 Å². The van der Waals surface area contributed by atoms with Gasteiger partial charge in [-0.15, -0.1) is 0 Å². The Morgan fingerprint density at radius 1 is 0.926 bits per heavy atom. The van der Waals surface area contributed by atoms with E-state index in [1.165, 1.54) is 10.6 Å². The Labute approximate surface area is 150 Å². The molecule has 4 aliphatic carbocycles. The summed E-state index contributed by atoms with van der Waals surface area (Å²) in [6.07, 6.45) is -3.18. The summed E-state index contributed by atoms with van der Waals surface area (Å²) < 4.78 is 63.1. The molecule has 1 aromatic heterocycles. The first-order valence-corrected chi connectivity index (χ1v) is 8.58. The minimum Gasteiger partial charge on any atom is -0.494 e. The average Bonchev–Trinajstić information content (AvgIpc) is 2.89. The summed E-state index contributed by atoms with van der Waals surface area (Å²) in [5.74, 6) is -0.807. The Kier molecular flexibility index (Phi) is 3.16. The van der Waals surface area contributed by atoms with Crippen molar-refractivity contribution in [2.24, 2.45) is 0 Å². The first kappa shape index (κ1) is 16.7. The number of alkyl halides is 4. The van der Waals surface area contributed by atoms with E-state index in [2.05, 4.69) is 9.47 Å². The molecule has 0 saturated carbocycles. The summed E-state index contributed by atoms with van der Waals surface area (Å²) in [5, 5.41) is 21.4. The predicted molar refractivity (Wildman–Crippen MR) is 84.4 cm³/mol. The van der Waals surface area contributed by atoms with Gasteiger partial charge in [0.1, 0.15) is 11.9 Å². The fraction of sp³-hybridized carbons (Fsp3) is 0.444. The number of rotatable bonds is 1. The molecule has 6 rings (SSSR count). The Bertz CT molecular complexity index is 893. The first-order valence-electron chi connectivity index (χ1n) is 8.58. The number of halogens is 4. The van der Waals surface area contributed by atoms with Gasteiger partial charge in [-0.25, -0.2) is 0 Å². The lowest BCUT2D eigenvalue weighted by Crippen LogP contribution is -2.53. The maximum absolute atomic E-state index is 13.5. The highest BCUT2D eigenvalue weighted by Gasteiger charge is 2.66. The molecule has 2 N–H and O–H groups in total. The summed E-state index contributed by atoms with van der Waals surface area (Å²) in [7, 11) is 0. The summed E-state index contributed by atoms with van der Waals surface area (Å²) in [4.78, 5) is 0. The van der Waals surface area contributed by atoms with E-state index in [9.17, 15) is 27.8 Å². The van der Waals surface area contributed by atoms with Gasteiger partial charge in [0, 0.05) is 35.1 Å². The van der Waals surface area contributed by atoms with Crippen LogP contribution in [0.15, 0.2) is 30.1 Å². The molecule has 0 amide bonds. The zero-order valence-electron chi connectivity index (χ0n) is 13.8. The van der Waals surface area contributed by atoms with E-state index in [1.54, 1.807) is 0 Å². The molecule has 144 valence electrons. The number of fused-ring (bicyclic) bond motifs is 2. The highest BCUT2D eigenvalue weighted by atomic mass is 19.3. The van der Waals surface area contributed by atoms with Crippen molar-refractivity contribution in [1.82, 2.24) is 4.57 Å². The smallest absolute Gasteiger partial charge is 0.493 e. The third-order valence-corrected chi connectivity index (χ3v) is 5.62. The molecule has 2 heterocycles. The molecule has 5 aliphatic rings. The predicted octanol–water partition coefficient (Wildman–Crippen LogP) is 4.16. The van der Waals surface area contributed by atoms with E-state index in [0.717, 1.165) is 18.9 Å². The second-order valence-electron chi connectivity index (χ2n) is 7.16. The molecule has 0 spiro atoms. The number of aromatic nitrogens is 1. The van der Waals surface area contributed by atoms with Gasteiger partial charge >= 0.3 is 12.2 Å². The van der Waals surface area contributed by atoms with Crippen LogP contribution in [-0.4, -0.2) is 33.1 Å². The standard InChI is InChI=1S/C18H15F4NO4/c19-17(20)18(21,22)27-12-7-10(5-6-11(12)26-17)23-15(24)13-8-1-2-9(4-3-8)14(13)16(23)25/h1-2,5-6,8-9,12,24-25H,3-4,7H2/t8-,9+,12?. The normalized spacial score (nSPS) is 32.2. The molecule has 9 heteroatoms. The molecule has 1 aliphatic heterocycles. The van der Waals surface area contributed by atoms with Crippen LogP contribution in [0.25, 0.3) is 5.70 Å². The summed E-state index contributed by atoms with van der Waals surface area (Å²) in [6, 6.07) is 0. The molecule has 1 saturated heterocycles. The molecule has 1 aromatic rings. The number of hydrogen-bond donors (Lipinski definition) is 2. The second kappa shape index (κ2) is 5.09. The number of allylic oxidation sites excluding steroid dienone is 4. The minimum absolute atomic E-state index is 0.0234. The van der Waals surface area contributed by atoms with Gasteiger partial charge in [-0.05, 0) is 25.0 Å².